The van der Waals surface area contributed by atoms with E-state index in [0.717, 1.165) is 35.0 Å². The highest BCUT2D eigenvalue weighted by molar-refractivity contribution is 6.09. The van der Waals surface area contributed by atoms with Crippen molar-refractivity contribution in [2.24, 2.45) is 5.73 Å². The lowest BCUT2D eigenvalue weighted by atomic mass is 10.1. The molecule has 3 aromatic rings. The Hall–Kier alpha value is -2.60. The van der Waals surface area contributed by atoms with Gasteiger partial charge in [0.05, 0.1) is 29.2 Å². The number of nitrogens with zero attached hydrogens (tertiary/aromatic N) is 1. The number of benzene rings is 1. The van der Waals surface area contributed by atoms with Crippen LogP contribution < -0.4 is 11.1 Å². The average molecular weight is 296 g/mol. The molecule has 1 amide bonds. The van der Waals surface area contributed by atoms with Crippen molar-refractivity contribution in [1.82, 2.24) is 9.97 Å². The minimum Gasteiger partial charge on any atom is -0.379 e. The van der Waals surface area contributed by atoms with Gasteiger partial charge in [-0.25, -0.2) is 4.98 Å². The van der Waals surface area contributed by atoms with Crippen LogP contribution in [0.3, 0.4) is 0 Å². The van der Waals surface area contributed by atoms with Gasteiger partial charge in [-0.05, 0) is 18.6 Å². The van der Waals surface area contributed by atoms with E-state index in [4.69, 9.17) is 10.5 Å². The Bertz CT molecular complexity index is 865. The number of nitrogens with one attached hydrogen (secondary N) is 2. The molecular weight excluding hydrogens is 280 g/mol. The zero-order chi connectivity index (χ0) is 15.1. The number of primary amides is 1. The van der Waals surface area contributed by atoms with Gasteiger partial charge in [0, 0.05) is 17.5 Å². The monoisotopic (exact) mass is 296 g/mol. The number of rotatable bonds is 3. The predicted octanol–water partition coefficient (Wildman–Crippen LogP) is 2.02. The normalized spacial score (nSPS) is 18.1. The molecule has 0 bridgehead atoms. The number of para-hydroxylation sites is 1. The Balaban J connectivity index is 1.89. The van der Waals surface area contributed by atoms with Gasteiger partial charge >= 0.3 is 0 Å². The SMILES string of the molecule is NC(=O)c1cc2[nH]c3ccccc3c2nc1NC1CCOC1. The third-order valence-corrected chi connectivity index (χ3v) is 4.01. The summed E-state index contributed by atoms with van der Waals surface area (Å²) in [5.41, 5.74) is 8.54. The fraction of sp³-hybridized carbons (Fsp3) is 0.250. The molecule has 6 heteroatoms. The number of carbonyl (C=O) groups is 1. The maximum absolute atomic E-state index is 11.8. The molecule has 0 radical (unpaired) electrons. The number of anilines is 1. The largest absolute Gasteiger partial charge is 0.379 e. The van der Waals surface area contributed by atoms with Crippen LogP contribution in [0.25, 0.3) is 21.9 Å². The molecule has 1 aliphatic rings. The maximum atomic E-state index is 11.8. The topological polar surface area (TPSA) is 93.0 Å². The lowest BCUT2D eigenvalue weighted by molar-refractivity contribution is 0.100. The first-order valence-corrected chi connectivity index (χ1v) is 7.28. The van der Waals surface area contributed by atoms with E-state index in [1.165, 1.54) is 0 Å². The van der Waals surface area contributed by atoms with Crippen molar-refractivity contribution in [3.63, 3.8) is 0 Å². The second kappa shape index (κ2) is 4.99. The molecule has 0 spiro atoms. The molecule has 1 unspecified atom stereocenters. The number of hydrogen-bond donors (Lipinski definition) is 3. The minimum atomic E-state index is -0.491. The van der Waals surface area contributed by atoms with Gasteiger partial charge in [-0.3, -0.25) is 4.79 Å². The molecule has 4 rings (SSSR count). The Kier molecular flexibility index (Phi) is 2.97. The highest BCUT2D eigenvalue weighted by atomic mass is 16.5. The first kappa shape index (κ1) is 13.1. The first-order chi connectivity index (χ1) is 10.7. The van der Waals surface area contributed by atoms with Gasteiger partial charge in [-0.2, -0.15) is 0 Å². The van der Waals surface area contributed by atoms with Crippen LogP contribution in [0.2, 0.25) is 0 Å². The van der Waals surface area contributed by atoms with Crippen molar-refractivity contribution in [3.05, 3.63) is 35.9 Å². The summed E-state index contributed by atoms with van der Waals surface area (Å²) in [7, 11) is 0. The highest BCUT2D eigenvalue weighted by Crippen LogP contribution is 2.28. The van der Waals surface area contributed by atoms with Gasteiger partial charge < -0.3 is 20.8 Å². The van der Waals surface area contributed by atoms with Crippen molar-refractivity contribution in [1.29, 1.82) is 0 Å². The smallest absolute Gasteiger partial charge is 0.252 e. The molecule has 1 aliphatic heterocycles. The molecule has 6 nitrogen and oxygen atoms in total. The van der Waals surface area contributed by atoms with E-state index < -0.39 is 5.91 Å². The fourth-order valence-corrected chi connectivity index (χ4v) is 2.90. The van der Waals surface area contributed by atoms with Gasteiger partial charge in [0.25, 0.3) is 5.91 Å². The molecule has 0 saturated carbocycles. The van der Waals surface area contributed by atoms with E-state index in [-0.39, 0.29) is 6.04 Å². The molecule has 3 heterocycles. The van der Waals surface area contributed by atoms with E-state index in [2.05, 4.69) is 15.3 Å². The van der Waals surface area contributed by atoms with Crippen LogP contribution in [0.5, 0.6) is 0 Å². The second-order valence-electron chi connectivity index (χ2n) is 5.52. The van der Waals surface area contributed by atoms with Crippen LogP contribution >= 0.6 is 0 Å². The van der Waals surface area contributed by atoms with Crippen molar-refractivity contribution in [2.45, 2.75) is 12.5 Å². The van der Waals surface area contributed by atoms with Crippen molar-refractivity contribution < 1.29 is 9.53 Å². The molecule has 112 valence electrons. The number of carbonyl (C=O) groups excluding carboxylic acids is 1. The quantitative estimate of drug-likeness (QED) is 0.689. The molecule has 2 aromatic heterocycles. The van der Waals surface area contributed by atoms with Gasteiger partial charge in [0.2, 0.25) is 0 Å². The van der Waals surface area contributed by atoms with Crippen molar-refractivity contribution in [3.8, 4) is 0 Å². The molecule has 1 aromatic carbocycles. The van der Waals surface area contributed by atoms with Crippen molar-refractivity contribution >= 4 is 33.7 Å². The number of pyridine rings is 1. The van der Waals surface area contributed by atoms with Crippen LogP contribution in [0.15, 0.2) is 30.3 Å². The number of amides is 1. The molecule has 1 saturated heterocycles. The average Bonchev–Trinajstić information content (AvgIpc) is 3.13. The third-order valence-electron chi connectivity index (χ3n) is 4.01. The third kappa shape index (κ3) is 2.08. The van der Waals surface area contributed by atoms with Gasteiger partial charge in [0.15, 0.2) is 0 Å². The standard InChI is InChI=1S/C16H16N4O2/c17-15(21)11-7-13-14(10-3-1-2-4-12(10)19-13)20-16(11)18-9-5-6-22-8-9/h1-4,7,9,19H,5-6,8H2,(H2,17,21)(H,18,20). The highest BCUT2D eigenvalue weighted by Gasteiger charge is 2.20. The van der Waals surface area contributed by atoms with Crippen molar-refractivity contribution in [2.75, 3.05) is 18.5 Å². The van der Waals surface area contributed by atoms with Crippen LogP contribution in [-0.4, -0.2) is 35.1 Å². The minimum absolute atomic E-state index is 0.160. The number of fused-ring (bicyclic) bond motifs is 3. The zero-order valence-electron chi connectivity index (χ0n) is 11.9. The summed E-state index contributed by atoms with van der Waals surface area (Å²) in [5.74, 6) is 0.0368. The summed E-state index contributed by atoms with van der Waals surface area (Å²) in [6.45, 7) is 1.34. The lowest BCUT2D eigenvalue weighted by Crippen LogP contribution is -2.23. The summed E-state index contributed by atoms with van der Waals surface area (Å²) >= 11 is 0. The van der Waals surface area contributed by atoms with Crippen LogP contribution in [0.1, 0.15) is 16.8 Å². The van der Waals surface area contributed by atoms with E-state index >= 15 is 0 Å². The Morgan fingerprint density at radius 1 is 1.36 bits per heavy atom. The molecule has 0 aliphatic carbocycles. The number of aromatic nitrogens is 2. The number of ether oxygens (including phenoxy) is 1. The summed E-state index contributed by atoms with van der Waals surface area (Å²) in [5, 5.41) is 4.31. The summed E-state index contributed by atoms with van der Waals surface area (Å²) in [6.07, 6.45) is 0.895. The predicted molar refractivity (Wildman–Crippen MR) is 85.0 cm³/mol. The second-order valence-corrected chi connectivity index (χ2v) is 5.52. The molecular formula is C16H16N4O2. The fourth-order valence-electron chi connectivity index (χ4n) is 2.90. The lowest BCUT2D eigenvalue weighted by Gasteiger charge is -2.14. The number of nitrogens with two attached hydrogens (primary N) is 1. The van der Waals surface area contributed by atoms with E-state index in [1.807, 2.05) is 24.3 Å². The molecule has 1 fully saturated rings. The van der Waals surface area contributed by atoms with E-state index in [9.17, 15) is 4.79 Å². The van der Waals surface area contributed by atoms with Gasteiger partial charge in [-0.15, -0.1) is 0 Å². The molecule has 4 N–H and O–H groups in total. The van der Waals surface area contributed by atoms with Gasteiger partial charge in [0.1, 0.15) is 5.82 Å². The van der Waals surface area contributed by atoms with Gasteiger partial charge in [-0.1, -0.05) is 18.2 Å². The summed E-state index contributed by atoms with van der Waals surface area (Å²) in [4.78, 5) is 19.7. The number of H-pyrrole nitrogens is 1. The van der Waals surface area contributed by atoms with E-state index in [0.29, 0.717) is 18.0 Å². The zero-order valence-corrected chi connectivity index (χ0v) is 11.9. The number of hydrogen-bond acceptors (Lipinski definition) is 4. The molecule has 1 atom stereocenters. The molecule has 22 heavy (non-hydrogen) atoms. The number of aromatic amines is 1. The van der Waals surface area contributed by atoms with E-state index in [1.54, 1.807) is 6.07 Å². The van der Waals surface area contributed by atoms with Crippen LogP contribution in [0, 0.1) is 0 Å². The Morgan fingerprint density at radius 2 is 2.23 bits per heavy atom. The first-order valence-electron chi connectivity index (χ1n) is 7.28. The Labute approximate surface area is 126 Å². The Morgan fingerprint density at radius 3 is 3.00 bits per heavy atom. The summed E-state index contributed by atoms with van der Waals surface area (Å²) < 4.78 is 5.36. The maximum Gasteiger partial charge on any atom is 0.252 e. The summed E-state index contributed by atoms with van der Waals surface area (Å²) in [6, 6.07) is 9.85. The van der Waals surface area contributed by atoms with Crippen LogP contribution in [0.4, 0.5) is 5.82 Å². The van der Waals surface area contributed by atoms with Crippen LogP contribution in [-0.2, 0) is 4.74 Å².